The van der Waals surface area contributed by atoms with E-state index in [0.717, 1.165) is 0 Å². The molecule has 0 spiro atoms. The molecule has 0 bridgehead atoms. The smallest absolute Gasteiger partial charge is 0.315 e. The van der Waals surface area contributed by atoms with Crippen molar-refractivity contribution >= 4 is 15.7 Å². The van der Waals surface area contributed by atoms with Crippen molar-refractivity contribution in [1.82, 2.24) is 5.32 Å². The van der Waals surface area contributed by atoms with Gasteiger partial charge in [-0.1, -0.05) is 30.3 Å². The second kappa shape index (κ2) is 6.44. The Bertz CT molecular complexity index is 594. The summed E-state index contributed by atoms with van der Waals surface area (Å²) in [5.41, 5.74) is -0.232. The maximum Gasteiger partial charge on any atom is 0.315 e. The fraction of sp³-hybridized carbons (Fsp3) is 0.417. The fourth-order valence-corrected chi connectivity index (χ4v) is 3.03. The zero-order chi connectivity index (χ0) is 16.3. The van der Waals surface area contributed by atoms with Gasteiger partial charge in [0.05, 0.1) is 0 Å². The van der Waals surface area contributed by atoms with Crippen LogP contribution in [0.1, 0.15) is 5.56 Å². The van der Waals surface area contributed by atoms with Crippen molar-refractivity contribution in [3.05, 3.63) is 35.9 Å². The number of alkyl halides is 3. The molecule has 0 aliphatic rings. The first kappa shape index (κ1) is 17.4. The Balaban J connectivity index is 3.34. The van der Waals surface area contributed by atoms with Gasteiger partial charge >= 0.3 is 6.43 Å². The monoisotopic (exact) mass is 325 g/mol. The van der Waals surface area contributed by atoms with E-state index in [4.69, 9.17) is 0 Å². The number of hydrogen-bond acceptors (Lipinski definition) is 4. The lowest BCUT2D eigenvalue weighted by molar-refractivity contribution is -0.134. The summed E-state index contributed by atoms with van der Waals surface area (Å²) in [6.07, 6.45) is -2.84. The molecule has 2 N–H and O–H groups in total. The van der Waals surface area contributed by atoms with Gasteiger partial charge in [-0.05, 0) is 0 Å². The summed E-state index contributed by atoms with van der Waals surface area (Å²) in [6, 6.07) is 4.62. The van der Waals surface area contributed by atoms with Crippen molar-refractivity contribution in [2.75, 3.05) is 12.9 Å². The highest BCUT2D eigenvalue weighted by atomic mass is 32.2. The summed E-state index contributed by atoms with van der Waals surface area (Å²) in [6.45, 7) is -1.54. The van der Waals surface area contributed by atoms with Gasteiger partial charge in [-0.2, -0.15) is 8.78 Å². The number of carbonyl (C=O) groups is 1. The van der Waals surface area contributed by atoms with Crippen LogP contribution in [0, 0.1) is 0 Å². The van der Waals surface area contributed by atoms with Crippen molar-refractivity contribution in [1.29, 1.82) is 0 Å². The molecule has 0 heterocycles. The summed E-state index contributed by atoms with van der Waals surface area (Å²) >= 11 is 0. The first-order chi connectivity index (χ1) is 9.64. The van der Waals surface area contributed by atoms with Gasteiger partial charge in [0, 0.05) is 11.8 Å². The topological polar surface area (TPSA) is 83.5 Å². The van der Waals surface area contributed by atoms with Gasteiger partial charge < -0.3 is 10.4 Å². The molecule has 0 saturated heterocycles. The van der Waals surface area contributed by atoms with Crippen molar-refractivity contribution in [2.45, 2.75) is 17.4 Å². The molecule has 1 amide bonds. The van der Waals surface area contributed by atoms with Crippen LogP contribution >= 0.6 is 0 Å². The van der Waals surface area contributed by atoms with Crippen LogP contribution in [0.5, 0.6) is 0 Å². The number of sulfone groups is 1. The average molecular weight is 325 g/mol. The number of rotatable bonds is 6. The predicted molar refractivity (Wildman–Crippen MR) is 69.1 cm³/mol. The number of hydrogen-bond donors (Lipinski definition) is 2. The molecule has 118 valence electrons. The molecule has 21 heavy (non-hydrogen) atoms. The van der Waals surface area contributed by atoms with Crippen LogP contribution < -0.4 is 5.32 Å². The van der Waals surface area contributed by atoms with E-state index >= 15 is 0 Å². The second-order valence-electron chi connectivity index (χ2n) is 4.35. The number of aliphatic hydroxyl groups is 1. The third-order valence-electron chi connectivity index (χ3n) is 2.89. The van der Waals surface area contributed by atoms with Gasteiger partial charge in [-0.25, -0.2) is 12.8 Å². The van der Waals surface area contributed by atoms with Gasteiger partial charge in [0.2, 0.25) is 4.93 Å². The van der Waals surface area contributed by atoms with Crippen molar-refractivity contribution in [3.8, 4) is 0 Å². The van der Waals surface area contributed by atoms with Gasteiger partial charge in [0.25, 0.3) is 5.91 Å². The largest absolute Gasteiger partial charge is 0.369 e. The molecule has 0 aromatic heterocycles. The van der Waals surface area contributed by atoms with Crippen LogP contribution in [0.3, 0.4) is 0 Å². The quantitative estimate of drug-likeness (QED) is 0.802. The van der Waals surface area contributed by atoms with E-state index in [1.807, 2.05) is 0 Å². The number of carbonyl (C=O) groups excluding carboxylic acids is 1. The van der Waals surface area contributed by atoms with E-state index in [9.17, 15) is 31.5 Å². The number of amides is 1. The standard InChI is InChI=1S/C12H14F3NO4S/c1-21(19,20)12(18,8-5-3-2-4-6-8)9(7-13)16-11(17)10(14)15/h2-6,9-10,18H,7H2,1H3,(H,16,17). The maximum atomic E-state index is 13.1. The molecule has 1 aromatic carbocycles. The van der Waals surface area contributed by atoms with Crippen LogP contribution in [-0.2, 0) is 19.6 Å². The summed E-state index contributed by atoms with van der Waals surface area (Å²) in [4.78, 5) is 8.13. The van der Waals surface area contributed by atoms with Crippen LogP contribution in [0.25, 0.3) is 0 Å². The lowest BCUT2D eigenvalue weighted by Crippen LogP contribution is -2.57. The maximum absolute atomic E-state index is 13.1. The van der Waals surface area contributed by atoms with E-state index < -0.39 is 39.8 Å². The molecule has 9 heteroatoms. The summed E-state index contributed by atoms with van der Waals surface area (Å²) < 4.78 is 61.3. The molecule has 1 aromatic rings. The SMILES string of the molecule is CS(=O)(=O)C(O)(c1ccccc1)C(CF)NC(=O)C(F)F. The number of halogens is 3. The van der Waals surface area contributed by atoms with Crippen molar-refractivity contribution < 1.29 is 31.5 Å². The van der Waals surface area contributed by atoms with Crippen molar-refractivity contribution in [3.63, 3.8) is 0 Å². The minimum atomic E-state index is -4.34. The molecule has 0 aliphatic carbocycles. The van der Waals surface area contributed by atoms with E-state index in [1.54, 1.807) is 0 Å². The molecular weight excluding hydrogens is 311 g/mol. The molecule has 2 atom stereocenters. The zero-order valence-electron chi connectivity index (χ0n) is 11.0. The normalized spacial score (nSPS) is 16.3. The summed E-state index contributed by atoms with van der Waals surface area (Å²) in [7, 11) is -4.34. The van der Waals surface area contributed by atoms with Crippen LogP contribution in [-0.4, -0.2) is 44.8 Å². The Labute approximate surface area is 119 Å². The highest BCUT2D eigenvalue weighted by Crippen LogP contribution is 2.31. The van der Waals surface area contributed by atoms with E-state index in [1.165, 1.54) is 35.6 Å². The second-order valence-corrected chi connectivity index (χ2v) is 6.52. The summed E-state index contributed by atoms with van der Waals surface area (Å²) in [5, 5.41) is 11.9. The average Bonchev–Trinajstić information content (AvgIpc) is 2.43. The Morgan fingerprint density at radius 2 is 1.86 bits per heavy atom. The highest BCUT2D eigenvalue weighted by molar-refractivity contribution is 7.91. The third kappa shape index (κ3) is 3.53. The molecular formula is C12H14F3NO4S. The number of benzene rings is 1. The predicted octanol–water partition coefficient (Wildman–Crippen LogP) is 0.596. The summed E-state index contributed by atoms with van der Waals surface area (Å²) in [5.74, 6) is -1.87. The molecule has 1 rings (SSSR count). The Morgan fingerprint density at radius 1 is 1.33 bits per heavy atom. The first-order valence-electron chi connectivity index (χ1n) is 5.76. The van der Waals surface area contributed by atoms with Gasteiger partial charge in [-0.15, -0.1) is 0 Å². The minimum Gasteiger partial charge on any atom is -0.369 e. The lowest BCUT2D eigenvalue weighted by Gasteiger charge is -2.33. The van der Waals surface area contributed by atoms with E-state index in [0.29, 0.717) is 6.26 Å². The molecule has 0 saturated carbocycles. The molecule has 0 fully saturated rings. The Kier molecular flexibility index (Phi) is 5.35. The molecule has 0 radical (unpaired) electrons. The highest BCUT2D eigenvalue weighted by Gasteiger charge is 2.49. The number of nitrogens with one attached hydrogen (secondary N) is 1. The van der Waals surface area contributed by atoms with E-state index in [-0.39, 0.29) is 5.56 Å². The van der Waals surface area contributed by atoms with Crippen LogP contribution in [0.4, 0.5) is 13.2 Å². The van der Waals surface area contributed by atoms with Crippen molar-refractivity contribution in [2.24, 2.45) is 0 Å². The zero-order valence-corrected chi connectivity index (χ0v) is 11.8. The van der Waals surface area contributed by atoms with Gasteiger partial charge in [-0.3, -0.25) is 4.79 Å². The Morgan fingerprint density at radius 3 is 2.24 bits per heavy atom. The van der Waals surface area contributed by atoms with Gasteiger partial charge in [0.1, 0.15) is 12.7 Å². The lowest BCUT2D eigenvalue weighted by atomic mass is 10.0. The molecule has 5 nitrogen and oxygen atoms in total. The fourth-order valence-electron chi connectivity index (χ4n) is 1.83. The van der Waals surface area contributed by atoms with Crippen LogP contribution in [0.2, 0.25) is 0 Å². The molecule has 2 unspecified atom stereocenters. The van der Waals surface area contributed by atoms with Crippen LogP contribution in [0.15, 0.2) is 30.3 Å². The third-order valence-corrected chi connectivity index (χ3v) is 4.54. The molecule has 0 aliphatic heterocycles. The first-order valence-corrected chi connectivity index (χ1v) is 7.65. The van der Waals surface area contributed by atoms with Gasteiger partial charge in [0.15, 0.2) is 9.84 Å². The Hall–Kier alpha value is -1.61. The van der Waals surface area contributed by atoms with E-state index in [2.05, 4.69) is 0 Å². The minimum absolute atomic E-state index is 0.232.